The molecule has 1 aromatic heterocycles. The van der Waals surface area contributed by atoms with Crippen molar-refractivity contribution in [1.29, 1.82) is 0 Å². The van der Waals surface area contributed by atoms with Crippen LogP contribution in [0.15, 0.2) is 24.4 Å². The van der Waals surface area contributed by atoms with Gasteiger partial charge in [0.1, 0.15) is 5.82 Å². The molecule has 1 aliphatic heterocycles. The number of piperidine rings is 1. The van der Waals surface area contributed by atoms with Crippen molar-refractivity contribution in [3.63, 3.8) is 0 Å². The third-order valence-electron chi connectivity index (χ3n) is 5.53. The molecule has 1 aromatic carbocycles. The standard InChI is InChI=1S/C18H22FN3O/c19-13-1-2-14-12(11-22-16(14)9-13)3-6-21-17(23)15-10-18(15)4-7-20-8-5-18/h1-2,9,11,15,20,22H,3-8,10H2,(H,21,23). The summed E-state index contributed by atoms with van der Waals surface area (Å²) in [7, 11) is 0. The van der Waals surface area contributed by atoms with Gasteiger partial charge in [0.05, 0.1) is 0 Å². The van der Waals surface area contributed by atoms with E-state index in [1.807, 2.05) is 6.20 Å². The Morgan fingerprint density at radius 3 is 3.00 bits per heavy atom. The van der Waals surface area contributed by atoms with E-state index in [2.05, 4.69) is 15.6 Å². The Balaban J connectivity index is 1.32. The lowest BCUT2D eigenvalue weighted by Gasteiger charge is -2.23. The first-order valence-corrected chi connectivity index (χ1v) is 8.42. The minimum Gasteiger partial charge on any atom is -0.361 e. The normalized spacial score (nSPS) is 22.4. The van der Waals surface area contributed by atoms with Gasteiger partial charge in [-0.3, -0.25) is 4.79 Å². The second-order valence-corrected chi connectivity index (χ2v) is 6.91. The molecule has 3 N–H and O–H groups in total. The van der Waals surface area contributed by atoms with Crippen LogP contribution in [0.4, 0.5) is 4.39 Å². The zero-order chi connectivity index (χ0) is 15.9. The van der Waals surface area contributed by atoms with Crippen LogP contribution in [0.2, 0.25) is 0 Å². The smallest absolute Gasteiger partial charge is 0.223 e. The van der Waals surface area contributed by atoms with E-state index in [1.165, 1.54) is 12.1 Å². The fraction of sp³-hybridized carbons (Fsp3) is 0.500. The highest BCUT2D eigenvalue weighted by molar-refractivity contribution is 5.84. The highest BCUT2D eigenvalue weighted by Crippen LogP contribution is 2.58. The van der Waals surface area contributed by atoms with Gasteiger partial charge in [-0.1, -0.05) is 0 Å². The maximum atomic E-state index is 13.2. The Labute approximate surface area is 134 Å². The fourth-order valence-electron chi connectivity index (χ4n) is 4.00. The van der Waals surface area contributed by atoms with Crippen molar-refractivity contribution < 1.29 is 9.18 Å². The molecule has 1 atom stereocenters. The molecule has 23 heavy (non-hydrogen) atoms. The number of nitrogens with one attached hydrogen (secondary N) is 3. The number of carbonyl (C=O) groups excluding carboxylic acids is 1. The molecule has 1 aliphatic carbocycles. The lowest BCUT2D eigenvalue weighted by atomic mass is 9.92. The number of rotatable bonds is 4. The van der Waals surface area contributed by atoms with E-state index in [0.717, 1.165) is 55.2 Å². The molecule has 0 bridgehead atoms. The van der Waals surface area contributed by atoms with Crippen LogP contribution in [0.25, 0.3) is 10.9 Å². The predicted molar refractivity (Wildman–Crippen MR) is 87.6 cm³/mol. The van der Waals surface area contributed by atoms with Crippen LogP contribution in [-0.4, -0.2) is 30.5 Å². The molecular formula is C18H22FN3O. The van der Waals surface area contributed by atoms with Crippen molar-refractivity contribution in [3.8, 4) is 0 Å². The molecular weight excluding hydrogens is 293 g/mol. The molecule has 1 saturated heterocycles. The van der Waals surface area contributed by atoms with Crippen molar-refractivity contribution in [1.82, 2.24) is 15.6 Å². The molecule has 122 valence electrons. The summed E-state index contributed by atoms with van der Waals surface area (Å²) in [5, 5.41) is 7.47. The molecule has 1 spiro atoms. The minimum absolute atomic E-state index is 0.206. The summed E-state index contributed by atoms with van der Waals surface area (Å²) in [6.07, 6.45) is 5.96. The number of amides is 1. The van der Waals surface area contributed by atoms with E-state index in [4.69, 9.17) is 0 Å². The molecule has 2 heterocycles. The summed E-state index contributed by atoms with van der Waals surface area (Å²) in [4.78, 5) is 15.4. The van der Waals surface area contributed by atoms with Crippen LogP contribution in [0.5, 0.6) is 0 Å². The number of hydrogen-bond donors (Lipinski definition) is 3. The van der Waals surface area contributed by atoms with Crippen molar-refractivity contribution in [2.24, 2.45) is 11.3 Å². The van der Waals surface area contributed by atoms with E-state index in [0.29, 0.717) is 6.54 Å². The number of H-pyrrole nitrogens is 1. The maximum absolute atomic E-state index is 13.2. The number of halogens is 1. The third-order valence-corrected chi connectivity index (χ3v) is 5.53. The Hall–Kier alpha value is -1.88. The second-order valence-electron chi connectivity index (χ2n) is 6.91. The Morgan fingerprint density at radius 1 is 1.35 bits per heavy atom. The fourth-order valence-corrected chi connectivity index (χ4v) is 4.00. The van der Waals surface area contributed by atoms with Gasteiger partial charge in [0.15, 0.2) is 0 Å². The van der Waals surface area contributed by atoms with Crippen molar-refractivity contribution in [3.05, 3.63) is 35.8 Å². The number of fused-ring (bicyclic) bond motifs is 1. The molecule has 0 radical (unpaired) electrons. The molecule has 2 aromatic rings. The predicted octanol–water partition coefficient (Wildman–Crippen LogP) is 2.36. The number of benzene rings is 1. The first kappa shape index (κ1) is 14.7. The van der Waals surface area contributed by atoms with Gasteiger partial charge in [0, 0.05) is 29.6 Å². The zero-order valence-electron chi connectivity index (χ0n) is 13.1. The number of aromatic nitrogens is 1. The number of hydrogen-bond acceptors (Lipinski definition) is 2. The largest absolute Gasteiger partial charge is 0.361 e. The monoisotopic (exact) mass is 315 g/mol. The Kier molecular flexibility index (Phi) is 3.60. The summed E-state index contributed by atoms with van der Waals surface area (Å²) in [6, 6.07) is 4.77. The molecule has 1 amide bonds. The van der Waals surface area contributed by atoms with Crippen molar-refractivity contribution in [2.45, 2.75) is 25.7 Å². The van der Waals surface area contributed by atoms with Gasteiger partial charge in [-0.2, -0.15) is 0 Å². The molecule has 4 rings (SSSR count). The number of carbonyl (C=O) groups is 1. The number of aromatic amines is 1. The van der Waals surface area contributed by atoms with E-state index < -0.39 is 0 Å². The lowest BCUT2D eigenvalue weighted by Crippen LogP contribution is -2.34. The van der Waals surface area contributed by atoms with Crippen molar-refractivity contribution in [2.75, 3.05) is 19.6 Å². The van der Waals surface area contributed by atoms with Crippen molar-refractivity contribution >= 4 is 16.8 Å². The molecule has 1 saturated carbocycles. The van der Waals surface area contributed by atoms with Crippen LogP contribution in [0, 0.1) is 17.2 Å². The summed E-state index contributed by atoms with van der Waals surface area (Å²) in [5.74, 6) is 0.180. The Morgan fingerprint density at radius 2 is 2.17 bits per heavy atom. The first-order valence-electron chi connectivity index (χ1n) is 8.42. The van der Waals surface area contributed by atoms with Gasteiger partial charge in [-0.25, -0.2) is 4.39 Å². The van der Waals surface area contributed by atoms with Gasteiger partial charge < -0.3 is 15.6 Å². The van der Waals surface area contributed by atoms with Gasteiger partial charge in [0.25, 0.3) is 0 Å². The first-order chi connectivity index (χ1) is 11.2. The molecule has 1 unspecified atom stereocenters. The Bertz CT molecular complexity index is 733. The van der Waals surface area contributed by atoms with Crippen LogP contribution >= 0.6 is 0 Å². The van der Waals surface area contributed by atoms with Gasteiger partial charge in [-0.15, -0.1) is 0 Å². The topological polar surface area (TPSA) is 56.9 Å². The van der Waals surface area contributed by atoms with E-state index >= 15 is 0 Å². The van der Waals surface area contributed by atoms with E-state index in [1.54, 1.807) is 6.07 Å². The van der Waals surface area contributed by atoms with Crippen LogP contribution < -0.4 is 10.6 Å². The average molecular weight is 315 g/mol. The summed E-state index contributed by atoms with van der Waals surface area (Å²) >= 11 is 0. The maximum Gasteiger partial charge on any atom is 0.223 e. The minimum atomic E-state index is -0.236. The second kappa shape index (κ2) is 5.64. The van der Waals surface area contributed by atoms with Crippen LogP contribution in [-0.2, 0) is 11.2 Å². The quantitative estimate of drug-likeness (QED) is 0.811. The molecule has 2 fully saturated rings. The van der Waals surface area contributed by atoms with Gasteiger partial charge >= 0.3 is 0 Å². The zero-order valence-corrected chi connectivity index (χ0v) is 13.1. The lowest BCUT2D eigenvalue weighted by molar-refractivity contribution is -0.123. The van der Waals surface area contributed by atoms with Crippen LogP contribution in [0.1, 0.15) is 24.8 Å². The highest BCUT2D eigenvalue weighted by atomic mass is 19.1. The summed E-state index contributed by atoms with van der Waals surface area (Å²) in [5.41, 5.74) is 2.21. The molecule has 4 nitrogen and oxygen atoms in total. The highest BCUT2D eigenvalue weighted by Gasteiger charge is 2.57. The summed E-state index contributed by atoms with van der Waals surface area (Å²) < 4.78 is 13.2. The van der Waals surface area contributed by atoms with Crippen LogP contribution in [0.3, 0.4) is 0 Å². The SMILES string of the molecule is O=C(NCCc1c[nH]c2cc(F)ccc12)C1CC12CCNCC2. The molecule has 2 aliphatic rings. The summed E-state index contributed by atoms with van der Waals surface area (Å²) in [6.45, 7) is 2.71. The van der Waals surface area contributed by atoms with Gasteiger partial charge in [-0.05, 0) is 68.0 Å². The van der Waals surface area contributed by atoms with Gasteiger partial charge in [0.2, 0.25) is 5.91 Å². The van der Waals surface area contributed by atoms with E-state index in [9.17, 15) is 9.18 Å². The van der Waals surface area contributed by atoms with E-state index in [-0.39, 0.29) is 23.1 Å². The third kappa shape index (κ3) is 2.74. The average Bonchev–Trinajstić information content (AvgIpc) is 3.09. The molecule has 5 heteroatoms.